The van der Waals surface area contributed by atoms with E-state index in [9.17, 15) is 15.2 Å². The zero-order valence-corrected chi connectivity index (χ0v) is 15.8. The molecular formula is C21H22N4O4. The molecule has 2 aromatic carbocycles. The van der Waals surface area contributed by atoms with Crippen LogP contribution in [0.1, 0.15) is 30.3 Å². The van der Waals surface area contributed by atoms with E-state index in [1.165, 1.54) is 17.7 Å². The molecule has 0 aliphatic carbocycles. The molecule has 1 fully saturated rings. The van der Waals surface area contributed by atoms with Crippen molar-refractivity contribution in [1.82, 2.24) is 15.0 Å². The second-order valence-electron chi connectivity index (χ2n) is 7.25. The predicted molar refractivity (Wildman–Crippen MR) is 106 cm³/mol. The van der Waals surface area contributed by atoms with Crippen molar-refractivity contribution < 1.29 is 14.6 Å². The SMILES string of the molecule is O=[N+]([O-])c1cccc(-c2noc([C@@H]3C[C@@H](O)CN3CCCc3ccccc3)n2)c1. The summed E-state index contributed by atoms with van der Waals surface area (Å²) in [5.41, 5.74) is 1.80. The molecular weight excluding hydrogens is 372 g/mol. The number of nitrogens with zero attached hydrogens (tertiary/aromatic N) is 4. The number of likely N-dealkylation sites (tertiary alicyclic amines) is 1. The van der Waals surface area contributed by atoms with E-state index >= 15 is 0 Å². The Bertz CT molecular complexity index is 976. The largest absolute Gasteiger partial charge is 0.392 e. The Labute approximate surface area is 167 Å². The maximum Gasteiger partial charge on any atom is 0.270 e. The van der Waals surface area contributed by atoms with E-state index in [1.54, 1.807) is 12.1 Å². The highest BCUT2D eigenvalue weighted by Gasteiger charge is 2.35. The molecule has 150 valence electrons. The third-order valence-electron chi connectivity index (χ3n) is 5.18. The Morgan fingerprint density at radius 1 is 1.21 bits per heavy atom. The van der Waals surface area contributed by atoms with Crippen LogP contribution in [0, 0.1) is 10.1 Å². The molecule has 29 heavy (non-hydrogen) atoms. The van der Waals surface area contributed by atoms with Crippen molar-refractivity contribution in [1.29, 1.82) is 0 Å². The first kappa shape index (κ1) is 19.2. The summed E-state index contributed by atoms with van der Waals surface area (Å²) in [7, 11) is 0. The van der Waals surface area contributed by atoms with Crippen molar-refractivity contribution >= 4 is 5.69 Å². The number of hydrogen-bond acceptors (Lipinski definition) is 7. The minimum absolute atomic E-state index is 0.0207. The van der Waals surface area contributed by atoms with Crippen LogP contribution < -0.4 is 0 Å². The smallest absolute Gasteiger partial charge is 0.270 e. The van der Waals surface area contributed by atoms with Gasteiger partial charge in [-0.3, -0.25) is 15.0 Å². The molecule has 0 amide bonds. The van der Waals surface area contributed by atoms with Crippen LogP contribution in [-0.2, 0) is 6.42 Å². The standard InChI is InChI=1S/C21H22N4O4/c26-18-13-19(24(14-18)11-5-8-15-6-2-1-3-7-15)21-22-20(23-29-21)16-9-4-10-17(12-16)25(27)28/h1-4,6-7,9-10,12,18-19,26H,5,8,11,13-14H2/t18-,19+/m1/s1. The number of nitro groups is 1. The Balaban J connectivity index is 1.45. The van der Waals surface area contributed by atoms with Crippen molar-refractivity contribution in [3.63, 3.8) is 0 Å². The Kier molecular flexibility index (Phi) is 5.64. The van der Waals surface area contributed by atoms with Gasteiger partial charge in [0.15, 0.2) is 0 Å². The van der Waals surface area contributed by atoms with Gasteiger partial charge in [0.05, 0.1) is 17.1 Å². The quantitative estimate of drug-likeness (QED) is 0.484. The van der Waals surface area contributed by atoms with Gasteiger partial charge in [-0.15, -0.1) is 0 Å². The summed E-state index contributed by atoms with van der Waals surface area (Å²) in [6.45, 7) is 1.37. The molecule has 0 bridgehead atoms. The molecule has 8 nitrogen and oxygen atoms in total. The molecule has 1 saturated heterocycles. The van der Waals surface area contributed by atoms with E-state index < -0.39 is 11.0 Å². The van der Waals surface area contributed by atoms with Gasteiger partial charge in [0, 0.05) is 24.2 Å². The second kappa shape index (κ2) is 8.50. The van der Waals surface area contributed by atoms with Crippen LogP contribution in [0.4, 0.5) is 5.69 Å². The highest BCUT2D eigenvalue weighted by molar-refractivity contribution is 5.58. The van der Waals surface area contributed by atoms with E-state index in [0.717, 1.165) is 19.4 Å². The number of non-ortho nitro benzene ring substituents is 1. The maximum absolute atomic E-state index is 11.0. The minimum atomic E-state index is -0.452. The molecule has 2 heterocycles. The van der Waals surface area contributed by atoms with Crippen molar-refractivity contribution in [2.24, 2.45) is 0 Å². The summed E-state index contributed by atoms with van der Waals surface area (Å²) >= 11 is 0. The summed E-state index contributed by atoms with van der Waals surface area (Å²) in [4.78, 5) is 17.2. The van der Waals surface area contributed by atoms with Gasteiger partial charge < -0.3 is 9.63 Å². The fourth-order valence-corrected chi connectivity index (χ4v) is 3.76. The van der Waals surface area contributed by atoms with Gasteiger partial charge in [0.2, 0.25) is 11.7 Å². The number of aromatic nitrogens is 2. The van der Waals surface area contributed by atoms with Gasteiger partial charge in [0.1, 0.15) is 0 Å². The predicted octanol–water partition coefficient (Wildman–Crippen LogP) is 3.39. The fraction of sp³-hybridized carbons (Fsp3) is 0.333. The molecule has 1 N–H and O–H groups in total. The molecule has 1 aromatic heterocycles. The molecule has 0 spiro atoms. The van der Waals surface area contributed by atoms with Crippen LogP contribution in [0.2, 0.25) is 0 Å². The van der Waals surface area contributed by atoms with Gasteiger partial charge >= 0.3 is 0 Å². The summed E-state index contributed by atoms with van der Waals surface area (Å²) in [5.74, 6) is 0.747. The van der Waals surface area contributed by atoms with Gasteiger partial charge in [-0.25, -0.2) is 0 Å². The molecule has 8 heteroatoms. The van der Waals surface area contributed by atoms with Crippen LogP contribution >= 0.6 is 0 Å². The zero-order chi connectivity index (χ0) is 20.2. The lowest BCUT2D eigenvalue weighted by Crippen LogP contribution is -2.26. The van der Waals surface area contributed by atoms with Crippen LogP contribution in [0.3, 0.4) is 0 Å². The molecule has 4 rings (SSSR count). The molecule has 1 aliphatic heterocycles. The Morgan fingerprint density at radius 3 is 2.83 bits per heavy atom. The van der Waals surface area contributed by atoms with E-state index in [4.69, 9.17) is 4.52 Å². The van der Waals surface area contributed by atoms with Crippen LogP contribution in [0.25, 0.3) is 11.4 Å². The third kappa shape index (κ3) is 4.49. The lowest BCUT2D eigenvalue weighted by atomic mass is 10.1. The fourth-order valence-electron chi connectivity index (χ4n) is 3.76. The van der Waals surface area contributed by atoms with E-state index in [0.29, 0.717) is 30.2 Å². The van der Waals surface area contributed by atoms with Gasteiger partial charge in [-0.05, 0) is 31.4 Å². The van der Waals surface area contributed by atoms with Crippen molar-refractivity contribution in [3.05, 3.63) is 76.2 Å². The van der Waals surface area contributed by atoms with Gasteiger partial charge in [-0.2, -0.15) is 4.98 Å². The van der Waals surface area contributed by atoms with E-state index in [2.05, 4.69) is 27.2 Å². The average Bonchev–Trinajstić information content (AvgIpc) is 3.35. The first-order valence-electron chi connectivity index (χ1n) is 9.64. The summed E-state index contributed by atoms with van der Waals surface area (Å²) < 4.78 is 5.46. The number of rotatable bonds is 7. The minimum Gasteiger partial charge on any atom is -0.392 e. The monoisotopic (exact) mass is 394 g/mol. The first-order valence-corrected chi connectivity index (χ1v) is 9.64. The number of benzene rings is 2. The summed E-state index contributed by atoms with van der Waals surface area (Å²) in [6, 6.07) is 16.3. The highest BCUT2D eigenvalue weighted by atomic mass is 16.6. The van der Waals surface area contributed by atoms with Crippen LogP contribution in [0.5, 0.6) is 0 Å². The number of hydrogen-bond donors (Lipinski definition) is 1. The second-order valence-corrected chi connectivity index (χ2v) is 7.25. The number of nitro benzene ring substituents is 1. The number of aliphatic hydroxyl groups excluding tert-OH is 1. The lowest BCUT2D eigenvalue weighted by molar-refractivity contribution is -0.384. The number of aliphatic hydroxyl groups is 1. The molecule has 0 saturated carbocycles. The van der Waals surface area contributed by atoms with E-state index in [1.807, 2.05) is 18.2 Å². The van der Waals surface area contributed by atoms with Gasteiger partial charge in [-0.1, -0.05) is 47.6 Å². The Morgan fingerprint density at radius 2 is 2.03 bits per heavy atom. The topological polar surface area (TPSA) is 106 Å². The normalized spacial score (nSPS) is 19.5. The zero-order valence-electron chi connectivity index (χ0n) is 15.8. The van der Waals surface area contributed by atoms with Crippen molar-refractivity contribution in [2.75, 3.05) is 13.1 Å². The molecule has 0 radical (unpaired) electrons. The first-order chi connectivity index (χ1) is 14.1. The summed E-state index contributed by atoms with van der Waals surface area (Å²) in [6.07, 6.45) is 2.01. The van der Waals surface area contributed by atoms with E-state index in [-0.39, 0.29) is 11.7 Å². The molecule has 2 atom stereocenters. The lowest BCUT2D eigenvalue weighted by Gasteiger charge is -2.20. The van der Waals surface area contributed by atoms with Crippen LogP contribution in [0.15, 0.2) is 59.1 Å². The third-order valence-corrected chi connectivity index (χ3v) is 5.18. The van der Waals surface area contributed by atoms with Gasteiger partial charge in [0.25, 0.3) is 5.69 Å². The maximum atomic E-state index is 11.0. The van der Waals surface area contributed by atoms with Crippen molar-refractivity contribution in [3.8, 4) is 11.4 Å². The Hall–Kier alpha value is -3.10. The van der Waals surface area contributed by atoms with Crippen molar-refractivity contribution in [2.45, 2.75) is 31.4 Å². The average molecular weight is 394 g/mol. The number of aryl methyl sites for hydroxylation is 1. The summed E-state index contributed by atoms with van der Waals surface area (Å²) in [5, 5.41) is 25.2. The highest BCUT2D eigenvalue weighted by Crippen LogP contribution is 2.32. The molecule has 0 unspecified atom stereocenters. The molecule has 1 aliphatic rings. The number of β-amino-alcohol motifs (C(OH)–C–C–N with tert-alkyl or cyclic N) is 1. The molecule has 3 aromatic rings. The van der Waals surface area contributed by atoms with Crippen LogP contribution in [-0.4, -0.2) is 44.3 Å².